The van der Waals surface area contributed by atoms with E-state index in [0.29, 0.717) is 37.4 Å². The monoisotopic (exact) mass is 400 g/mol. The fraction of sp³-hybridized carbons (Fsp3) is 0.524. The molecule has 0 radical (unpaired) electrons. The normalized spacial score (nSPS) is 25.8. The van der Waals surface area contributed by atoms with Gasteiger partial charge < -0.3 is 14.5 Å². The highest BCUT2D eigenvalue weighted by atomic mass is 16.7. The zero-order chi connectivity index (χ0) is 21.0. The van der Waals surface area contributed by atoms with Crippen molar-refractivity contribution in [3.63, 3.8) is 0 Å². The second-order valence-corrected chi connectivity index (χ2v) is 8.92. The quantitative estimate of drug-likeness (QED) is 0.709. The molecule has 29 heavy (non-hydrogen) atoms. The van der Waals surface area contributed by atoms with Crippen LogP contribution in [0.15, 0.2) is 24.3 Å². The summed E-state index contributed by atoms with van der Waals surface area (Å²) in [6.45, 7) is 6.32. The number of fused-ring (bicyclic) bond motifs is 2. The van der Waals surface area contributed by atoms with Crippen molar-refractivity contribution < 1.29 is 28.8 Å². The Bertz CT molecular complexity index is 870. The third kappa shape index (κ3) is 3.36. The minimum absolute atomic E-state index is 0.0693. The van der Waals surface area contributed by atoms with Crippen molar-refractivity contribution in [1.29, 1.82) is 0 Å². The fourth-order valence-electron chi connectivity index (χ4n) is 4.14. The van der Waals surface area contributed by atoms with Gasteiger partial charge in [-0.25, -0.2) is 9.59 Å². The molecule has 1 saturated carbocycles. The molecule has 2 heterocycles. The van der Waals surface area contributed by atoms with Crippen LogP contribution in [0, 0.1) is 11.3 Å². The Morgan fingerprint density at radius 3 is 2.31 bits per heavy atom. The van der Waals surface area contributed by atoms with Crippen LogP contribution < -0.4 is 0 Å². The Labute approximate surface area is 168 Å². The van der Waals surface area contributed by atoms with E-state index in [0.717, 1.165) is 0 Å². The molecule has 2 fully saturated rings. The van der Waals surface area contributed by atoms with Gasteiger partial charge >= 0.3 is 12.1 Å². The lowest BCUT2D eigenvalue weighted by Crippen LogP contribution is -2.38. The maximum atomic E-state index is 12.9. The highest BCUT2D eigenvalue weighted by Gasteiger charge is 2.63. The lowest BCUT2D eigenvalue weighted by molar-refractivity contribution is -0.176. The molecule has 8 heteroatoms. The smallest absolute Gasteiger partial charge is 0.410 e. The number of imide groups is 1. The molecule has 154 valence electrons. The van der Waals surface area contributed by atoms with Crippen LogP contribution in [0.25, 0.3) is 0 Å². The van der Waals surface area contributed by atoms with Gasteiger partial charge in [0.05, 0.1) is 16.5 Å². The predicted molar refractivity (Wildman–Crippen MR) is 101 cm³/mol. The highest BCUT2D eigenvalue weighted by Crippen LogP contribution is 2.58. The molecule has 1 aromatic carbocycles. The number of rotatable bonds is 2. The molecule has 3 amide bonds. The van der Waals surface area contributed by atoms with Crippen molar-refractivity contribution in [3.05, 3.63) is 35.4 Å². The van der Waals surface area contributed by atoms with Gasteiger partial charge in [0.25, 0.3) is 11.8 Å². The molecule has 1 aromatic rings. The van der Waals surface area contributed by atoms with Gasteiger partial charge in [-0.05, 0) is 58.1 Å². The number of hydroxylamine groups is 2. The van der Waals surface area contributed by atoms with Gasteiger partial charge in [0.1, 0.15) is 5.60 Å². The molecule has 3 aliphatic rings. The van der Waals surface area contributed by atoms with E-state index in [9.17, 15) is 19.2 Å². The summed E-state index contributed by atoms with van der Waals surface area (Å²) in [4.78, 5) is 57.1. The molecule has 0 N–H and O–H groups in total. The van der Waals surface area contributed by atoms with E-state index < -0.39 is 34.9 Å². The number of hydrogen-bond donors (Lipinski definition) is 0. The number of carbonyl (C=O) groups is 4. The van der Waals surface area contributed by atoms with Crippen molar-refractivity contribution in [2.45, 2.75) is 45.6 Å². The zero-order valence-corrected chi connectivity index (χ0v) is 16.8. The average Bonchev–Trinajstić information content (AvgIpc) is 3.33. The van der Waals surface area contributed by atoms with Crippen LogP contribution in [-0.4, -0.2) is 52.5 Å². The lowest BCUT2D eigenvalue weighted by atomic mass is 9.98. The summed E-state index contributed by atoms with van der Waals surface area (Å²) in [5.74, 6) is -1.91. The number of amides is 3. The molecule has 0 spiro atoms. The summed E-state index contributed by atoms with van der Waals surface area (Å²) in [6.07, 6.45) is 1.33. The summed E-state index contributed by atoms with van der Waals surface area (Å²) < 4.78 is 5.44. The minimum atomic E-state index is -0.758. The topological polar surface area (TPSA) is 93.2 Å². The number of benzene rings is 1. The fourth-order valence-corrected chi connectivity index (χ4v) is 4.14. The van der Waals surface area contributed by atoms with Crippen LogP contribution in [0.5, 0.6) is 0 Å². The first-order valence-electron chi connectivity index (χ1n) is 9.80. The Morgan fingerprint density at radius 2 is 1.72 bits per heavy atom. The van der Waals surface area contributed by atoms with Crippen molar-refractivity contribution in [1.82, 2.24) is 9.96 Å². The van der Waals surface area contributed by atoms with E-state index in [-0.39, 0.29) is 17.0 Å². The van der Waals surface area contributed by atoms with Gasteiger partial charge in [0, 0.05) is 13.1 Å². The molecule has 8 nitrogen and oxygen atoms in total. The van der Waals surface area contributed by atoms with Crippen molar-refractivity contribution in [3.8, 4) is 0 Å². The van der Waals surface area contributed by atoms with Crippen LogP contribution in [-0.2, 0) is 14.4 Å². The van der Waals surface area contributed by atoms with Crippen LogP contribution in [0.1, 0.15) is 60.7 Å². The summed E-state index contributed by atoms with van der Waals surface area (Å²) in [5.41, 5.74) is -0.889. The molecule has 1 aliphatic carbocycles. The van der Waals surface area contributed by atoms with Gasteiger partial charge in [-0.3, -0.25) is 9.59 Å². The van der Waals surface area contributed by atoms with E-state index in [1.807, 2.05) is 20.8 Å². The Kier molecular flexibility index (Phi) is 4.40. The molecule has 2 unspecified atom stereocenters. The van der Waals surface area contributed by atoms with Crippen LogP contribution in [0.2, 0.25) is 0 Å². The molecule has 2 atom stereocenters. The van der Waals surface area contributed by atoms with E-state index in [2.05, 4.69) is 0 Å². The van der Waals surface area contributed by atoms with Crippen molar-refractivity contribution in [2.24, 2.45) is 11.3 Å². The molecule has 0 bridgehead atoms. The highest BCUT2D eigenvalue weighted by molar-refractivity contribution is 6.21. The Hall–Kier alpha value is -2.90. The first-order chi connectivity index (χ1) is 13.6. The summed E-state index contributed by atoms with van der Waals surface area (Å²) in [5, 5.41) is 0.563. The standard InChI is InChI=1S/C21H24N2O6/c1-20(2,3)28-19(27)22-10-6-9-21(11-13(21)12-22)18(26)29-23-16(24)14-7-4-5-8-15(14)17(23)25/h4-5,7-8,13H,6,9-12H2,1-3H3. The van der Waals surface area contributed by atoms with E-state index >= 15 is 0 Å². The molecular weight excluding hydrogens is 376 g/mol. The minimum Gasteiger partial charge on any atom is -0.444 e. The van der Waals surface area contributed by atoms with Crippen molar-refractivity contribution >= 4 is 23.9 Å². The Balaban J connectivity index is 1.43. The van der Waals surface area contributed by atoms with Gasteiger partial charge in [-0.2, -0.15) is 0 Å². The van der Waals surface area contributed by atoms with Crippen LogP contribution >= 0.6 is 0 Å². The number of hydrogen-bond acceptors (Lipinski definition) is 6. The summed E-state index contributed by atoms with van der Waals surface area (Å²) in [7, 11) is 0. The number of carbonyl (C=O) groups excluding carboxylic acids is 4. The van der Waals surface area contributed by atoms with Gasteiger partial charge in [0.2, 0.25) is 0 Å². The second-order valence-electron chi connectivity index (χ2n) is 8.92. The first kappa shape index (κ1) is 19.4. The van der Waals surface area contributed by atoms with Gasteiger partial charge in [0.15, 0.2) is 0 Å². The summed E-state index contributed by atoms with van der Waals surface area (Å²) in [6, 6.07) is 6.38. The van der Waals surface area contributed by atoms with E-state index in [4.69, 9.17) is 9.57 Å². The molecule has 4 rings (SSSR count). The molecule has 2 aliphatic heterocycles. The molecular formula is C21H24N2O6. The molecule has 0 aromatic heterocycles. The largest absolute Gasteiger partial charge is 0.444 e. The van der Waals surface area contributed by atoms with E-state index in [1.165, 1.54) is 12.1 Å². The van der Waals surface area contributed by atoms with Crippen molar-refractivity contribution in [2.75, 3.05) is 13.1 Å². The second kappa shape index (κ2) is 6.57. The Morgan fingerprint density at radius 1 is 1.10 bits per heavy atom. The average molecular weight is 400 g/mol. The zero-order valence-electron chi connectivity index (χ0n) is 16.8. The van der Waals surface area contributed by atoms with E-state index in [1.54, 1.807) is 17.0 Å². The van der Waals surface area contributed by atoms with Crippen LogP contribution in [0.3, 0.4) is 0 Å². The maximum absolute atomic E-state index is 12.9. The third-order valence-corrected chi connectivity index (χ3v) is 5.71. The van der Waals surface area contributed by atoms with Gasteiger partial charge in [-0.1, -0.05) is 17.2 Å². The SMILES string of the molecule is CC(C)(C)OC(=O)N1CCCC2(C(=O)ON3C(=O)c4ccccc4C3=O)CC2C1. The third-order valence-electron chi connectivity index (χ3n) is 5.71. The number of ether oxygens (including phenoxy) is 1. The maximum Gasteiger partial charge on any atom is 0.410 e. The number of likely N-dealkylation sites (tertiary alicyclic amines) is 1. The number of nitrogens with zero attached hydrogens (tertiary/aromatic N) is 2. The first-order valence-corrected chi connectivity index (χ1v) is 9.80. The van der Waals surface area contributed by atoms with Gasteiger partial charge in [-0.15, -0.1) is 0 Å². The predicted octanol–water partition coefficient (Wildman–Crippen LogP) is 2.78. The lowest BCUT2D eigenvalue weighted by Gasteiger charge is -2.26. The van der Waals surface area contributed by atoms with Crippen LogP contribution in [0.4, 0.5) is 4.79 Å². The summed E-state index contributed by atoms with van der Waals surface area (Å²) >= 11 is 0. The molecule has 1 saturated heterocycles.